The van der Waals surface area contributed by atoms with Gasteiger partial charge in [-0.3, -0.25) is 0 Å². The third-order valence-corrected chi connectivity index (χ3v) is 3.87. The van der Waals surface area contributed by atoms with Crippen LogP contribution < -0.4 is 29.6 Å². The number of hydrogen-bond donors (Lipinski definition) is 2. The number of fused-ring (bicyclic) bond motifs is 2. The molecular weight excluding hydrogens is 324 g/mol. The summed E-state index contributed by atoms with van der Waals surface area (Å²) in [7, 11) is 0. The average molecular weight is 342 g/mol. The second-order valence-electron chi connectivity index (χ2n) is 5.66. The van der Waals surface area contributed by atoms with Crippen molar-refractivity contribution in [3.63, 3.8) is 0 Å². The molecule has 0 aliphatic carbocycles. The number of carbonyl (C=O) groups excluding carboxylic acids is 1. The largest absolute Gasteiger partial charge is 0.486 e. The highest BCUT2D eigenvalue weighted by Gasteiger charge is 2.22. The molecule has 2 aliphatic heterocycles. The summed E-state index contributed by atoms with van der Waals surface area (Å²) >= 11 is 0. The molecule has 2 aliphatic rings. The van der Waals surface area contributed by atoms with Gasteiger partial charge in [-0.2, -0.15) is 0 Å². The molecule has 25 heavy (non-hydrogen) atoms. The zero-order chi connectivity index (χ0) is 17.1. The van der Waals surface area contributed by atoms with Crippen molar-refractivity contribution >= 4 is 11.7 Å². The van der Waals surface area contributed by atoms with E-state index in [1.165, 1.54) is 0 Å². The molecule has 2 N–H and O–H groups in total. The van der Waals surface area contributed by atoms with E-state index in [1.54, 1.807) is 12.1 Å². The molecule has 0 bridgehead atoms. The molecule has 0 saturated carbocycles. The van der Waals surface area contributed by atoms with Crippen molar-refractivity contribution in [1.82, 2.24) is 5.32 Å². The zero-order valence-electron chi connectivity index (χ0n) is 13.5. The average Bonchev–Trinajstić information content (AvgIpc) is 2.66. The van der Waals surface area contributed by atoms with Crippen LogP contribution >= 0.6 is 0 Å². The van der Waals surface area contributed by atoms with Crippen molar-refractivity contribution in [2.75, 3.05) is 31.7 Å². The Labute approximate surface area is 144 Å². The number of urea groups is 1. The Bertz CT molecular complexity index is 780. The van der Waals surface area contributed by atoms with Crippen LogP contribution in [0.5, 0.6) is 23.0 Å². The second kappa shape index (κ2) is 6.80. The Kier molecular flexibility index (Phi) is 4.20. The molecule has 0 saturated heterocycles. The molecular formula is C18H18N2O5. The molecule has 0 unspecified atom stereocenters. The number of nitrogens with one attached hydrogen (secondary N) is 2. The Morgan fingerprint density at radius 2 is 1.76 bits per heavy atom. The molecule has 2 amide bonds. The van der Waals surface area contributed by atoms with Crippen molar-refractivity contribution in [1.29, 1.82) is 0 Å². The highest BCUT2D eigenvalue weighted by atomic mass is 16.6. The molecule has 7 heteroatoms. The van der Waals surface area contributed by atoms with Crippen molar-refractivity contribution in [2.45, 2.75) is 6.10 Å². The monoisotopic (exact) mass is 342 g/mol. The maximum Gasteiger partial charge on any atom is 0.319 e. The topological polar surface area (TPSA) is 78.1 Å². The van der Waals surface area contributed by atoms with E-state index in [-0.39, 0.29) is 12.1 Å². The van der Waals surface area contributed by atoms with Crippen LogP contribution in [0.3, 0.4) is 0 Å². The Morgan fingerprint density at radius 1 is 0.960 bits per heavy atom. The summed E-state index contributed by atoms with van der Waals surface area (Å²) in [4.78, 5) is 12.2. The van der Waals surface area contributed by atoms with Gasteiger partial charge in [-0.05, 0) is 24.3 Å². The van der Waals surface area contributed by atoms with E-state index in [2.05, 4.69) is 10.6 Å². The van der Waals surface area contributed by atoms with Crippen LogP contribution in [0, 0.1) is 0 Å². The first-order chi connectivity index (χ1) is 12.3. The quantitative estimate of drug-likeness (QED) is 0.896. The third-order valence-electron chi connectivity index (χ3n) is 3.87. The normalized spacial score (nSPS) is 17.5. The predicted octanol–water partition coefficient (Wildman–Crippen LogP) is 2.42. The lowest BCUT2D eigenvalue weighted by molar-refractivity contribution is 0.0922. The summed E-state index contributed by atoms with van der Waals surface area (Å²) in [5.74, 6) is 2.58. The molecule has 1 atom stereocenters. The van der Waals surface area contributed by atoms with Gasteiger partial charge >= 0.3 is 6.03 Å². The molecule has 0 fully saturated rings. The van der Waals surface area contributed by atoms with E-state index in [0.29, 0.717) is 49.3 Å². The van der Waals surface area contributed by atoms with Crippen LogP contribution in [0.4, 0.5) is 10.5 Å². The van der Waals surface area contributed by atoms with Gasteiger partial charge in [0.1, 0.15) is 19.8 Å². The zero-order valence-corrected chi connectivity index (χ0v) is 13.5. The van der Waals surface area contributed by atoms with Crippen LogP contribution in [-0.2, 0) is 0 Å². The fraction of sp³-hybridized carbons (Fsp3) is 0.278. The van der Waals surface area contributed by atoms with Gasteiger partial charge in [0.15, 0.2) is 29.1 Å². The summed E-state index contributed by atoms with van der Waals surface area (Å²) in [6.07, 6.45) is -0.245. The van der Waals surface area contributed by atoms with Gasteiger partial charge in [0.2, 0.25) is 0 Å². The number of amides is 2. The number of benzene rings is 2. The minimum Gasteiger partial charge on any atom is -0.486 e. The fourth-order valence-electron chi connectivity index (χ4n) is 2.71. The number of para-hydroxylation sites is 3. The van der Waals surface area contributed by atoms with E-state index in [1.807, 2.05) is 30.3 Å². The van der Waals surface area contributed by atoms with E-state index in [9.17, 15) is 4.79 Å². The molecule has 0 radical (unpaired) electrons. The first kappa shape index (κ1) is 15.4. The van der Waals surface area contributed by atoms with E-state index in [0.717, 1.165) is 5.75 Å². The molecule has 2 aromatic carbocycles. The van der Waals surface area contributed by atoms with Gasteiger partial charge in [0, 0.05) is 0 Å². The Hall–Kier alpha value is -3.09. The van der Waals surface area contributed by atoms with E-state index < -0.39 is 0 Å². The predicted molar refractivity (Wildman–Crippen MR) is 90.8 cm³/mol. The van der Waals surface area contributed by atoms with Gasteiger partial charge in [-0.25, -0.2) is 4.79 Å². The van der Waals surface area contributed by atoms with Gasteiger partial charge in [-0.1, -0.05) is 18.2 Å². The lowest BCUT2D eigenvalue weighted by atomic mass is 10.2. The Balaban J connectivity index is 1.33. The molecule has 2 aromatic rings. The molecule has 4 rings (SSSR count). The van der Waals surface area contributed by atoms with Crippen molar-refractivity contribution in [3.8, 4) is 23.0 Å². The van der Waals surface area contributed by atoms with Gasteiger partial charge in [0.05, 0.1) is 12.2 Å². The molecule has 130 valence electrons. The molecule has 2 heterocycles. The van der Waals surface area contributed by atoms with Gasteiger partial charge in [-0.15, -0.1) is 0 Å². The minimum absolute atomic E-state index is 0.245. The lowest BCUT2D eigenvalue weighted by Gasteiger charge is -2.26. The molecule has 0 spiro atoms. The smallest absolute Gasteiger partial charge is 0.319 e. The number of carbonyl (C=O) groups is 1. The highest BCUT2D eigenvalue weighted by Crippen LogP contribution is 2.37. The number of hydrogen-bond acceptors (Lipinski definition) is 5. The summed E-state index contributed by atoms with van der Waals surface area (Å²) in [5, 5.41) is 5.56. The highest BCUT2D eigenvalue weighted by molar-refractivity contribution is 5.91. The summed E-state index contributed by atoms with van der Waals surface area (Å²) in [6, 6.07) is 12.5. The van der Waals surface area contributed by atoms with Crippen molar-refractivity contribution in [3.05, 3.63) is 42.5 Å². The summed E-state index contributed by atoms with van der Waals surface area (Å²) in [6.45, 7) is 1.67. The van der Waals surface area contributed by atoms with Crippen LogP contribution in [0.1, 0.15) is 0 Å². The van der Waals surface area contributed by atoms with Crippen LogP contribution in [0.15, 0.2) is 42.5 Å². The van der Waals surface area contributed by atoms with Gasteiger partial charge < -0.3 is 29.6 Å². The number of ether oxygens (including phenoxy) is 4. The first-order valence-corrected chi connectivity index (χ1v) is 8.11. The van der Waals surface area contributed by atoms with Crippen LogP contribution in [0.25, 0.3) is 0 Å². The molecule has 0 aromatic heterocycles. The van der Waals surface area contributed by atoms with Crippen LogP contribution in [-0.4, -0.2) is 38.5 Å². The fourth-order valence-corrected chi connectivity index (χ4v) is 2.71. The minimum atomic E-state index is -0.343. The maximum absolute atomic E-state index is 12.2. The summed E-state index contributed by atoms with van der Waals surface area (Å²) < 4.78 is 22.5. The standard InChI is InChI=1S/C18H18N2O5/c21-18(20-13-4-3-7-16-17(13)23-9-8-22-16)19-10-12-11-24-14-5-1-2-6-15(14)25-12/h1-7,12H,8-11H2,(H2,19,20,21)/t12-/m1/s1. The van der Waals surface area contributed by atoms with E-state index >= 15 is 0 Å². The summed E-state index contributed by atoms with van der Waals surface area (Å²) in [5.41, 5.74) is 0.570. The second-order valence-corrected chi connectivity index (χ2v) is 5.66. The van der Waals surface area contributed by atoms with Crippen molar-refractivity contribution in [2.24, 2.45) is 0 Å². The van der Waals surface area contributed by atoms with Gasteiger partial charge in [0.25, 0.3) is 0 Å². The molecule has 7 nitrogen and oxygen atoms in total. The SMILES string of the molecule is O=C(NC[C@@H]1COc2ccccc2O1)Nc1cccc2c1OCCO2. The number of rotatable bonds is 3. The van der Waals surface area contributed by atoms with Crippen LogP contribution in [0.2, 0.25) is 0 Å². The first-order valence-electron chi connectivity index (χ1n) is 8.11. The third kappa shape index (κ3) is 3.40. The number of anilines is 1. The lowest BCUT2D eigenvalue weighted by Crippen LogP contribution is -2.42. The van der Waals surface area contributed by atoms with Crippen molar-refractivity contribution < 1.29 is 23.7 Å². The van der Waals surface area contributed by atoms with E-state index in [4.69, 9.17) is 18.9 Å². The Morgan fingerprint density at radius 3 is 2.68 bits per heavy atom. The maximum atomic E-state index is 12.2.